The highest BCUT2D eigenvalue weighted by Crippen LogP contribution is 2.08. The van der Waals surface area contributed by atoms with Crippen LogP contribution in [0.1, 0.15) is 84.0 Å². The topological polar surface area (TPSA) is 75.6 Å². The second-order valence-corrected chi connectivity index (χ2v) is 5.74. The fourth-order valence-corrected chi connectivity index (χ4v) is 2.26. The normalized spacial score (nSPS) is 10.4. The van der Waals surface area contributed by atoms with Crippen LogP contribution in [0.5, 0.6) is 0 Å². The van der Waals surface area contributed by atoms with Crippen LogP contribution in [0.2, 0.25) is 0 Å². The van der Waals surface area contributed by atoms with E-state index in [1.807, 2.05) is 0 Å². The van der Waals surface area contributed by atoms with Gasteiger partial charge in [0.25, 0.3) is 0 Å². The average Bonchev–Trinajstić information content (AvgIpc) is 2.48. The molecule has 0 bridgehead atoms. The van der Waals surface area contributed by atoms with Gasteiger partial charge >= 0.3 is 12.1 Å². The molecule has 5 heteroatoms. The predicted molar refractivity (Wildman–Crippen MR) is 88.1 cm³/mol. The van der Waals surface area contributed by atoms with E-state index in [-0.39, 0.29) is 5.97 Å². The number of amides is 1. The molecular weight excluding hydrogens is 282 g/mol. The molecule has 0 aromatic heterocycles. The lowest BCUT2D eigenvalue weighted by Crippen LogP contribution is -2.21. The van der Waals surface area contributed by atoms with Gasteiger partial charge in [-0.3, -0.25) is 4.79 Å². The summed E-state index contributed by atoms with van der Waals surface area (Å²) in [5, 5.41) is 10.7. The first-order chi connectivity index (χ1) is 10.7. The van der Waals surface area contributed by atoms with Crippen LogP contribution in [0.3, 0.4) is 0 Å². The molecular formula is C17H33NO4. The van der Waals surface area contributed by atoms with Crippen molar-refractivity contribution in [2.24, 2.45) is 0 Å². The van der Waals surface area contributed by atoms with E-state index in [1.54, 1.807) is 0 Å². The maximum absolute atomic E-state index is 11.5. The van der Waals surface area contributed by atoms with Crippen LogP contribution < -0.4 is 5.32 Å². The number of hydrogen-bond donors (Lipinski definition) is 2. The maximum atomic E-state index is 11.5. The maximum Gasteiger partial charge on any atom is 0.404 e. The van der Waals surface area contributed by atoms with Crippen molar-refractivity contribution >= 4 is 12.1 Å². The molecule has 130 valence electrons. The first-order valence-corrected chi connectivity index (χ1v) is 8.79. The molecule has 0 spiro atoms. The summed E-state index contributed by atoms with van der Waals surface area (Å²) in [5.41, 5.74) is 0. The minimum absolute atomic E-state index is 0.102. The molecule has 0 unspecified atom stereocenters. The molecule has 0 aliphatic rings. The van der Waals surface area contributed by atoms with E-state index in [0.717, 1.165) is 38.5 Å². The molecule has 0 atom stereocenters. The highest BCUT2D eigenvalue weighted by molar-refractivity contribution is 5.69. The van der Waals surface area contributed by atoms with Crippen molar-refractivity contribution in [2.45, 2.75) is 84.0 Å². The molecule has 1 amide bonds. The van der Waals surface area contributed by atoms with Gasteiger partial charge in [-0.05, 0) is 19.3 Å². The van der Waals surface area contributed by atoms with Crippen LogP contribution in [-0.4, -0.2) is 30.3 Å². The number of esters is 1. The molecule has 5 nitrogen and oxygen atoms in total. The Morgan fingerprint density at radius 2 is 1.45 bits per heavy atom. The lowest BCUT2D eigenvalue weighted by atomic mass is 10.1. The van der Waals surface area contributed by atoms with Crippen LogP contribution in [0.4, 0.5) is 4.79 Å². The Hall–Kier alpha value is -1.26. The van der Waals surface area contributed by atoms with Gasteiger partial charge in [-0.1, -0.05) is 58.3 Å². The molecule has 0 heterocycles. The van der Waals surface area contributed by atoms with Crippen LogP contribution in [0.25, 0.3) is 0 Å². The summed E-state index contributed by atoms with van der Waals surface area (Å²) in [6.45, 7) is 3.25. The van der Waals surface area contributed by atoms with Gasteiger partial charge in [0, 0.05) is 13.0 Å². The Bertz CT molecular complexity index is 282. The number of ether oxygens (including phenoxy) is 1. The number of carbonyl (C=O) groups is 2. The van der Waals surface area contributed by atoms with Gasteiger partial charge < -0.3 is 15.2 Å². The predicted octanol–water partition coefficient (Wildman–Crippen LogP) is 4.50. The number of unbranched alkanes of at least 4 members (excludes halogenated alkanes) is 9. The fraction of sp³-hybridized carbons (Fsp3) is 0.882. The van der Waals surface area contributed by atoms with Gasteiger partial charge in [-0.2, -0.15) is 0 Å². The molecule has 0 aliphatic heterocycles. The Kier molecular flexibility index (Phi) is 15.2. The van der Waals surface area contributed by atoms with Gasteiger partial charge in [0.05, 0.1) is 6.61 Å². The zero-order valence-electron chi connectivity index (χ0n) is 14.1. The largest absolute Gasteiger partial charge is 0.466 e. The summed E-state index contributed by atoms with van der Waals surface area (Å²) in [6.07, 6.45) is 11.6. The highest BCUT2D eigenvalue weighted by atomic mass is 16.5. The average molecular weight is 315 g/mol. The SMILES string of the molecule is CCCCCCCCCOC(=O)CCCCCCNC(=O)O. The van der Waals surface area contributed by atoms with Crippen molar-refractivity contribution in [1.29, 1.82) is 0 Å². The van der Waals surface area contributed by atoms with Gasteiger partial charge in [-0.25, -0.2) is 4.79 Å². The molecule has 0 aromatic carbocycles. The Balaban J connectivity index is 3.18. The molecule has 0 aromatic rings. The van der Waals surface area contributed by atoms with E-state index >= 15 is 0 Å². The summed E-state index contributed by atoms with van der Waals surface area (Å²) >= 11 is 0. The molecule has 22 heavy (non-hydrogen) atoms. The molecule has 0 radical (unpaired) electrons. The number of carbonyl (C=O) groups excluding carboxylic acids is 1. The zero-order valence-corrected chi connectivity index (χ0v) is 14.1. The molecule has 0 saturated heterocycles. The molecule has 0 rings (SSSR count). The van der Waals surface area contributed by atoms with Crippen molar-refractivity contribution < 1.29 is 19.4 Å². The number of hydrogen-bond acceptors (Lipinski definition) is 3. The Morgan fingerprint density at radius 1 is 0.864 bits per heavy atom. The van der Waals surface area contributed by atoms with Crippen molar-refractivity contribution in [2.75, 3.05) is 13.2 Å². The minimum atomic E-state index is -0.978. The summed E-state index contributed by atoms with van der Waals surface area (Å²) in [6, 6.07) is 0. The van der Waals surface area contributed by atoms with Gasteiger partial charge in [-0.15, -0.1) is 0 Å². The van der Waals surface area contributed by atoms with E-state index in [0.29, 0.717) is 19.6 Å². The molecule has 0 fully saturated rings. The summed E-state index contributed by atoms with van der Waals surface area (Å²) in [4.78, 5) is 21.7. The second-order valence-electron chi connectivity index (χ2n) is 5.74. The van der Waals surface area contributed by atoms with E-state index < -0.39 is 6.09 Å². The van der Waals surface area contributed by atoms with Crippen molar-refractivity contribution in [3.63, 3.8) is 0 Å². The third-order valence-electron chi connectivity index (χ3n) is 3.59. The Labute approximate surface area is 134 Å². The fourth-order valence-electron chi connectivity index (χ4n) is 2.26. The van der Waals surface area contributed by atoms with Gasteiger partial charge in [0.1, 0.15) is 0 Å². The standard InChI is InChI=1S/C17H33NO4/c1-2-3-4-5-6-9-12-15-22-16(19)13-10-7-8-11-14-18-17(20)21/h18H,2-15H2,1H3,(H,20,21). The smallest absolute Gasteiger partial charge is 0.404 e. The molecule has 0 aliphatic carbocycles. The van der Waals surface area contributed by atoms with Crippen molar-refractivity contribution in [1.82, 2.24) is 5.32 Å². The van der Waals surface area contributed by atoms with E-state index in [9.17, 15) is 9.59 Å². The quantitative estimate of drug-likeness (QED) is 0.344. The van der Waals surface area contributed by atoms with Gasteiger partial charge in [0.15, 0.2) is 0 Å². The number of nitrogens with one attached hydrogen (secondary N) is 1. The lowest BCUT2D eigenvalue weighted by Gasteiger charge is -2.05. The third-order valence-corrected chi connectivity index (χ3v) is 3.59. The second kappa shape index (κ2) is 16.1. The van der Waals surface area contributed by atoms with E-state index in [1.165, 1.54) is 32.1 Å². The summed E-state index contributed by atoms with van der Waals surface area (Å²) < 4.78 is 5.20. The van der Waals surface area contributed by atoms with Crippen LogP contribution >= 0.6 is 0 Å². The van der Waals surface area contributed by atoms with Crippen molar-refractivity contribution in [3.05, 3.63) is 0 Å². The monoisotopic (exact) mass is 315 g/mol. The molecule has 0 saturated carbocycles. The summed E-state index contributed by atoms with van der Waals surface area (Å²) in [5.74, 6) is -0.102. The molecule has 2 N–H and O–H groups in total. The Morgan fingerprint density at radius 3 is 2.14 bits per heavy atom. The van der Waals surface area contributed by atoms with Gasteiger partial charge in [0.2, 0.25) is 0 Å². The van der Waals surface area contributed by atoms with E-state index in [4.69, 9.17) is 9.84 Å². The lowest BCUT2D eigenvalue weighted by molar-refractivity contribution is -0.143. The first-order valence-electron chi connectivity index (χ1n) is 8.79. The number of rotatable bonds is 15. The minimum Gasteiger partial charge on any atom is -0.466 e. The van der Waals surface area contributed by atoms with E-state index in [2.05, 4.69) is 12.2 Å². The number of carboxylic acid groups (broad SMARTS) is 1. The summed E-state index contributed by atoms with van der Waals surface area (Å²) in [7, 11) is 0. The first kappa shape index (κ1) is 20.7. The zero-order chi connectivity index (χ0) is 16.5. The van der Waals surface area contributed by atoms with Crippen molar-refractivity contribution in [3.8, 4) is 0 Å². The van der Waals surface area contributed by atoms with Crippen LogP contribution in [-0.2, 0) is 9.53 Å². The highest BCUT2D eigenvalue weighted by Gasteiger charge is 2.02. The third kappa shape index (κ3) is 16.8. The van der Waals surface area contributed by atoms with Crippen LogP contribution in [0, 0.1) is 0 Å². The van der Waals surface area contributed by atoms with Crippen LogP contribution in [0.15, 0.2) is 0 Å².